The fourth-order valence-corrected chi connectivity index (χ4v) is 4.56. The summed E-state index contributed by atoms with van der Waals surface area (Å²) in [5.74, 6) is 2.14. The van der Waals surface area contributed by atoms with Crippen LogP contribution >= 0.6 is 0 Å². The number of nitrogens with zero attached hydrogens (tertiary/aromatic N) is 6. The van der Waals surface area contributed by atoms with E-state index in [-0.39, 0.29) is 11.6 Å². The smallest absolute Gasteiger partial charge is 0.410 e. The summed E-state index contributed by atoms with van der Waals surface area (Å²) in [7, 11) is 0. The van der Waals surface area contributed by atoms with Crippen molar-refractivity contribution < 1.29 is 14.3 Å². The third kappa shape index (κ3) is 4.82. The van der Waals surface area contributed by atoms with E-state index in [9.17, 15) is 4.79 Å². The normalized spacial score (nSPS) is 17.1. The molecule has 1 aliphatic heterocycles. The predicted octanol–water partition coefficient (Wildman–Crippen LogP) is 4.16. The number of aromatic nitrogens is 4. The largest absolute Gasteiger partial charge is 0.491 e. The van der Waals surface area contributed by atoms with Crippen LogP contribution in [-0.2, 0) is 4.74 Å². The van der Waals surface area contributed by atoms with Gasteiger partial charge in [0.1, 0.15) is 17.0 Å². The summed E-state index contributed by atoms with van der Waals surface area (Å²) in [6.45, 7) is 12.2. The van der Waals surface area contributed by atoms with E-state index < -0.39 is 5.60 Å². The molecule has 2 aliphatic rings. The van der Waals surface area contributed by atoms with Crippen LogP contribution in [0.15, 0.2) is 30.6 Å². The van der Waals surface area contributed by atoms with Crippen LogP contribution in [0.5, 0.6) is 5.75 Å². The second-order valence-electron chi connectivity index (χ2n) is 10.3. The van der Waals surface area contributed by atoms with Crippen LogP contribution in [0.1, 0.15) is 46.2 Å². The molecule has 4 heterocycles. The Bertz CT molecular complexity index is 1230. The zero-order valence-electron chi connectivity index (χ0n) is 21.0. The minimum Gasteiger partial charge on any atom is -0.491 e. The van der Waals surface area contributed by atoms with E-state index in [1.54, 1.807) is 0 Å². The lowest BCUT2D eigenvalue weighted by atomic mass is 10.1. The van der Waals surface area contributed by atoms with Crippen molar-refractivity contribution in [1.82, 2.24) is 24.5 Å². The highest BCUT2D eigenvalue weighted by Crippen LogP contribution is 2.45. The molecule has 1 amide bonds. The molecule has 5 rings (SSSR count). The maximum atomic E-state index is 12.7. The Morgan fingerprint density at radius 1 is 1.17 bits per heavy atom. The van der Waals surface area contributed by atoms with E-state index in [1.165, 1.54) is 0 Å². The third-order valence-corrected chi connectivity index (χ3v) is 6.30. The van der Waals surface area contributed by atoms with E-state index in [0.717, 1.165) is 42.2 Å². The van der Waals surface area contributed by atoms with Crippen LogP contribution < -0.4 is 15.0 Å². The Morgan fingerprint density at radius 3 is 2.63 bits per heavy atom. The first-order chi connectivity index (χ1) is 16.7. The Hall–Kier alpha value is -3.56. The van der Waals surface area contributed by atoms with Crippen LogP contribution in [0.4, 0.5) is 22.1 Å². The first-order valence-electron chi connectivity index (χ1n) is 12.1. The molecule has 1 N–H and O–H groups in total. The maximum Gasteiger partial charge on any atom is 0.410 e. The summed E-state index contributed by atoms with van der Waals surface area (Å²) in [5, 5.41) is 12.2. The fourth-order valence-electron chi connectivity index (χ4n) is 4.56. The molecule has 3 aromatic heterocycles. The molecule has 1 aliphatic carbocycles. The zero-order valence-corrected chi connectivity index (χ0v) is 21.0. The van der Waals surface area contributed by atoms with Crippen LogP contribution in [0.2, 0.25) is 0 Å². The van der Waals surface area contributed by atoms with E-state index in [0.29, 0.717) is 31.3 Å². The van der Waals surface area contributed by atoms with Crippen LogP contribution in [0, 0.1) is 6.92 Å². The minimum atomic E-state index is -0.498. The van der Waals surface area contributed by atoms with Gasteiger partial charge >= 0.3 is 6.09 Å². The summed E-state index contributed by atoms with van der Waals surface area (Å²) >= 11 is 0. The SMILES string of the molecule is CCOc1cc2nc(C)cn2cc1Nc1ccc(N2CCN(C(=O)OC(C)(C)C)C3(CC3)C2)nn1. The van der Waals surface area contributed by atoms with E-state index >= 15 is 0 Å². The standard InChI is InChI=1S/C25H33N7O3/c1-6-34-19-13-22-26-17(2)14-31(22)15-18(19)27-20-7-8-21(29-28-20)30-11-12-32(25(16-30)9-10-25)23(33)35-24(3,4)5/h7-8,13-15H,6,9-12,16H2,1-5H3,(H,27,28). The average Bonchev–Trinajstić information content (AvgIpc) is 3.44. The maximum absolute atomic E-state index is 12.7. The average molecular weight is 480 g/mol. The van der Waals surface area contributed by atoms with Gasteiger partial charge in [0.15, 0.2) is 11.6 Å². The molecule has 10 heteroatoms. The van der Waals surface area contributed by atoms with Crippen LogP contribution in [-0.4, -0.2) is 68.0 Å². The molecule has 35 heavy (non-hydrogen) atoms. The number of imidazole rings is 1. The third-order valence-electron chi connectivity index (χ3n) is 6.30. The van der Waals surface area contributed by atoms with E-state index in [1.807, 2.05) is 74.5 Å². The van der Waals surface area contributed by atoms with Gasteiger partial charge in [-0.05, 0) is 59.6 Å². The van der Waals surface area contributed by atoms with Crippen molar-refractivity contribution in [1.29, 1.82) is 0 Å². The highest BCUT2D eigenvalue weighted by atomic mass is 16.6. The minimum absolute atomic E-state index is 0.163. The molecule has 10 nitrogen and oxygen atoms in total. The highest BCUT2D eigenvalue weighted by molar-refractivity contribution is 5.71. The molecule has 3 aromatic rings. The van der Waals surface area contributed by atoms with Crippen molar-refractivity contribution in [3.63, 3.8) is 0 Å². The van der Waals surface area contributed by atoms with Gasteiger partial charge in [-0.3, -0.25) is 4.90 Å². The number of carbonyl (C=O) groups excluding carboxylic acids is 1. The van der Waals surface area contributed by atoms with Crippen molar-refractivity contribution in [2.75, 3.05) is 36.5 Å². The second kappa shape index (κ2) is 8.58. The van der Waals surface area contributed by atoms with Gasteiger partial charge < -0.3 is 24.1 Å². The summed E-state index contributed by atoms with van der Waals surface area (Å²) < 4.78 is 13.4. The molecule has 2 fully saturated rings. The number of carbonyl (C=O) groups is 1. The molecule has 0 unspecified atom stereocenters. The fraction of sp³-hybridized carbons (Fsp3) is 0.520. The topological polar surface area (TPSA) is 97.1 Å². The Balaban J connectivity index is 1.29. The van der Waals surface area contributed by atoms with Crippen LogP contribution in [0.3, 0.4) is 0 Å². The molecule has 1 saturated carbocycles. The van der Waals surface area contributed by atoms with Gasteiger partial charge in [0.2, 0.25) is 0 Å². The number of ether oxygens (including phenoxy) is 2. The number of hydrogen-bond donors (Lipinski definition) is 1. The lowest BCUT2D eigenvalue weighted by Crippen LogP contribution is -2.58. The first kappa shape index (κ1) is 23.2. The summed E-state index contributed by atoms with van der Waals surface area (Å²) in [4.78, 5) is 21.3. The van der Waals surface area contributed by atoms with Gasteiger partial charge in [-0.1, -0.05) is 0 Å². The first-order valence-corrected chi connectivity index (χ1v) is 12.1. The lowest BCUT2D eigenvalue weighted by Gasteiger charge is -2.42. The van der Waals surface area contributed by atoms with Gasteiger partial charge in [0.25, 0.3) is 0 Å². The number of rotatable bonds is 5. The van der Waals surface area contributed by atoms with Crippen molar-refractivity contribution in [2.45, 2.75) is 58.6 Å². The van der Waals surface area contributed by atoms with Gasteiger partial charge in [-0.2, -0.15) is 0 Å². The van der Waals surface area contributed by atoms with Crippen molar-refractivity contribution in [3.8, 4) is 5.75 Å². The van der Waals surface area contributed by atoms with Crippen molar-refractivity contribution >= 4 is 29.1 Å². The van der Waals surface area contributed by atoms with Gasteiger partial charge in [0, 0.05) is 38.1 Å². The number of pyridine rings is 1. The van der Waals surface area contributed by atoms with Crippen molar-refractivity contribution in [3.05, 3.63) is 36.3 Å². The highest BCUT2D eigenvalue weighted by Gasteiger charge is 2.54. The summed E-state index contributed by atoms with van der Waals surface area (Å²) in [6, 6.07) is 5.80. The molecule has 0 radical (unpaired) electrons. The van der Waals surface area contributed by atoms with Crippen LogP contribution in [0.25, 0.3) is 5.65 Å². The Labute approximate surface area is 205 Å². The number of nitrogens with one attached hydrogen (secondary N) is 1. The number of aryl methyl sites for hydroxylation is 1. The van der Waals surface area contributed by atoms with E-state index in [4.69, 9.17) is 9.47 Å². The molecule has 1 spiro atoms. The quantitative estimate of drug-likeness (QED) is 0.583. The molecular formula is C25H33N7O3. The van der Waals surface area contributed by atoms with E-state index in [2.05, 4.69) is 25.4 Å². The Morgan fingerprint density at radius 2 is 1.97 bits per heavy atom. The number of anilines is 3. The molecule has 1 saturated heterocycles. The molecule has 0 aromatic carbocycles. The molecule has 0 atom stereocenters. The number of fused-ring (bicyclic) bond motifs is 1. The monoisotopic (exact) mass is 479 g/mol. The number of piperazine rings is 1. The van der Waals surface area contributed by atoms with Gasteiger partial charge in [0.05, 0.1) is 23.5 Å². The zero-order chi connectivity index (χ0) is 24.8. The second-order valence-corrected chi connectivity index (χ2v) is 10.3. The van der Waals surface area contributed by atoms with Gasteiger partial charge in [-0.15, -0.1) is 10.2 Å². The van der Waals surface area contributed by atoms with Gasteiger partial charge in [-0.25, -0.2) is 9.78 Å². The molecule has 186 valence electrons. The molecule has 0 bridgehead atoms. The lowest BCUT2D eigenvalue weighted by molar-refractivity contribution is 0.0106. The summed E-state index contributed by atoms with van der Waals surface area (Å²) in [5.41, 5.74) is 1.90. The molecular weight excluding hydrogens is 446 g/mol. The Kier molecular flexibility index (Phi) is 5.69. The number of amides is 1. The predicted molar refractivity (Wildman–Crippen MR) is 134 cm³/mol. The van der Waals surface area contributed by atoms with Crippen molar-refractivity contribution in [2.24, 2.45) is 0 Å². The summed E-state index contributed by atoms with van der Waals surface area (Å²) in [6.07, 6.45) is 5.65. The number of hydrogen-bond acceptors (Lipinski definition) is 8.